The third-order valence-corrected chi connectivity index (χ3v) is 5.27. The highest BCUT2D eigenvalue weighted by Crippen LogP contribution is 2.41. The number of benzene rings is 1. The van der Waals surface area contributed by atoms with E-state index < -0.39 is 17.7 Å². The first kappa shape index (κ1) is 21.0. The average molecular weight is 431 g/mol. The predicted octanol–water partition coefficient (Wildman–Crippen LogP) is 3.12. The number of carbonyl (C=O) groups is 2. The summed E-state index contributed by atoms with van der Waals surface area (Å²) in [5.74, 6) is -0.907. The Morgan fingerprint density at radius 3 is 2.34 bits per heavy atom. The van der Waals surface area contributed by atoms with Crippen molar-refractivity contribution >= 4 is 17.4 Å². The van der Waals surface area contributed by atoms with Crippen molar-refractivity contribution in [1.29, 1.82) is 0 Å². The van der Waals surface area contributed by atoms with E-state index in [-0.39, 0.29) is 17.9 Å². The van der Waals surface area contributed by atoms with E-state index in [2.05, 4.69) is 9.97 Å². The fourth-order valence-electron chi connectivity index (χ4n) is 3.75. The molecule has 0 saturated carbocycles. The Balaban J connectivity index is 1.85. The first-order valence-electron chi connectivity index (χ1n) is 9.84. The van der Waals surface area contributed by atoms with Crippen molar-refractivity contribution in [3.8, 4) is 11.5 Å². The second-order valence-corrected chi connectivity index (χ2v) is 7.14. The Hall–Kier alpha value is -4.20. The molecule has 1 fully saturated rings. The predicted molar refractivity (Wildman–Crippen MR) is 116 cm³/mol. The van der Waals surface area contributed by atoms with Crippen LogP contribution in [-0.4, -0.2) is 45.9 Å². The van der Waals surface area contributed by atoms with E-state index in [9.17, 15) is 14.7 Å². The number of aliphatic hydroxyl groups excluding tert-OH is 1. The Morgan fingerprint density at radius 1 is 1.00 bits per heavy atom. The van der Waals surface area contributed by atoms with Crippen LogP contribution in [0.5, 0.6) is 11.5 Å². The van der Waals surface area contributed by atoms with Crippen LogP contribution in [0.15, 0.2) is 72.8 Å². The lowest BCUT2D eigenvalue weighted by atomic mass is 9.96. The molecule has 3 heterocycles. The van der Waals surface area contributed by atoms with Gasteiger partial charge in [0.25, 0.3) is 11.7 Å². The largest absolute Gasteiger partial charge is 0.507 e. The minimum atomic E-state index is -0.808. The standard InChI is InChI=1S/C24H21N3O5/c1-31-18-8-7-16(11-19(18)32-2)22(28)20-21(17-6-4-10-26-13-17)27(24(30)23(20)29)14-15-5-3-9-25-12-15/h3-13,21,28H,14H2,1-2H3/t21-/m0/s1. The van der Waals surface area contributed by atoms with Crippen LogP contribution in [0.2, 0.25) is 0 Å². The van der Waals surface area contributed by atoms with E-state index in [1.807, 2.05) is 6.07 Å². The molecule has 0 radical (unpaired) electrons. The summed E-state index contributed by atoms with van der Waals surface area (Å²) >= 11 is 0. The number of ketones is 1. The number of methoxy groups -OCH3 is 2. The molecule has 4 rings (SSSR count). The van der Waals surface area contributed by atoms with Crippen LogP contribution in [0.1, 0.15) is 22.7 Å². The van der Waals surface area contributed by atoms with Crippen LogP contribution >= 0.6 is 0 Å². The SMILES string of the molecule is COc1ccc(C(O)=C2C(=O)C(=O)N(Cc3cccnc3)[C@H]2c2cccnc2)cc1OC. The summed E-state index contributed by atoms with van der Waals surface area (Å²) in [6.45, 7) is 0.153. The number of aromatic nitrogens is 2. The number of rotatable bonds is 6. The normalized spacial score (nSPS) is 17.4. The highest BCUT2D eigenvalue weighted by Gasteiger charge is 2.46. The number of pyridine rings is 2. The molecule has 3 aromatic rings. The lowest BCUT2D eigenvalue weighted by Crippen LogP contribution is -2.29. The van der Waals surface area contributed by atoms with Crippen molar-refractivity contribution in [2.75, 3.05) is 14.2 Å². The zero-order valence-corrected chi connectivity index (χ0v) is 17.6. The molecule has 1 N–H and O–H groups in total. The van der Waals surface area contributed by atoms with Gasteiger partial charge in [0.15, 0.2) is 11.5 Å². The third-order valence-electron chi connectivity index (χ3n) is 5.27. The second-order valence-electron chi connectivity index (χ2n) is 7.14. The summed E-state index contributed by atoms with van der Waals surface area (Å²) in [5.41, 5.74) is 1.68. The molecule has 1 aromatic carbocycles. The molecule has 1 aliphatic rings. The molecule has 1 aliphatic heterocycles. The monoisotopic (exact) mass is 431 g/mol. The van der Waals surface area contributed by atoms with Crippen molar-refractivity contribution in [1.82, 2.24) is 14.9 Å². The summed E-state index contributed by atoms with van der Waals surface area (Å²) in [4.78, 5) is 35.7. The number of amides is 1. The topological polar surface area (TPSA) is 102 Å². The van der Waals surface area contributed by atoms with Gasteiger partial charge in [0.1, 0.15) is 5.76 Å². The third kappa shape index (κ3) is 3.78. The number of ether oxygens (including phenoxy) is 2. The van der Waals surface area contributed by atoms with Crippen LogP contribution < -0.4 is 9.47 Å². The van der Waals surface area contributed by atoms with E-state index in [0.29, 0.717) is 22.6 Å². The fourth-order valence-corrected chi connectivity index (χ4v) is 3.75. The second kappa shape index (κ2) is 8.89. The highest BCUT2D eigenvalue weighted by atomic mass is 16.5. The van der Waals surface area contributed by atoms with Crippen molar-refractivity contribution in [3.63, 3.8) is 0 Å². The molecule has 32 heavy (non-hydrogen) atoms. The molecule has 0 aliphatic carbocycles. The van der Waals surface area contributed by atoms with E-state index in [4.69, 9.17) is 9.47 Å². The van der Waals surface area contributed by atoms with Gasteiger partial charge in [0.2, 0.25) is 0 Å². The van der Waals surface area contributed by atoms with Gasteiger partial charge in [0.05, 0.1) is 25.8 Å². The van der Waals surface area contributed by atoms with Gasteiger partial charge in [-0.1, -0.05) is 12.1 Å². The molecule has 8 nitrogen and oxygen atoms in total. The van der Waals surface area contributed by atoms with E-state index in [1.165, 1.54) is 19.1 Å². The average Bonchev–Trinajstić information content (AvgIpc) is 3.09. The van der Waals surface area contributed by atoms with Gasteiger partial charge in [-0.15, -0.1) is 0 Å². The minimum absolute atomic E-state index is 0.0147. The van der Waals surface area contributed by atoms with Gasteiger partial charge in [-0.25, -0.2) is 0 Å². The Kier molecular flexibility index (Phi) is 5.85. The summed E-state index contributed by atoms with van der Waals surface area (Å²) in [5, 5.41) is 11.2. The molecule has 1 atom stereocenters. The molecule has 0 spiro atoms. The van der Waals surface area contributed by atoms with Crippen LogP contribution in [-0.2, 0) is 16.1 Å². The molecule has 162 valence electrons. The molecule has 1 amide bonds. The molecule has 0 unspecified atom stereocenters. The van der Waals surface area contributed by atoms with Gasteiger partial charge in [-0.2, -0.15) is 0 Å². The van der Waals surface area contributed by atoms with E-state index in [1.54, 1.807) is 61.2 Å². The zero-order chi connectivity index (χ0) is 22.7. The number of nitrogens with zero attached hydrogens (tertiary/aromatic N) is 3. The molecule has 1 saturated heterocycles. The molecule has 8 heteroatoms. The van der Waals surface area contributed by atoms with Gasteiger partial charge in [-0.05, 0) is 41.5 Å². The van der Waals surface area contributed by atoms with E-state index >= 15 is 0 Å². The van der Waals surface area contributed by atoms with E-state index in [0.717, 1.165) is 5.56 Å². The number of carbonyl (C=O) groups excluding carboxylic acids is 2. The summed E-state index contributed by atoms with van der Waals surface area (Å²) in [6, 6.07) is 11.0. The molecular formula is C24H21N3O5. The van der Waals surface area contributed by atoms with Crippen LogP contribution in [0.4, 0.5) is 0 Å². The minimum Gasteiger partial charge on any atom is -0.507 e. The van der Waals surface area contributed by atoms with Crippen molar-refractivity contribution < 1.29 is 24.2 Å². The smallest absolute Gasteiger partial charge is 0.295 e. The molecular weight excluding hydrogens is 410 g/mol. The number of hydrogen-bond acceptors (Lipinski definition) is 7. The quantitative estimate of drug-likeness (QED) is 0.363. The zero-order valence-electron chi connectivity index (χ0n) is 17.6. The molecule has 0 bridgehead atoms. The van der Waals surface area contributed by atoms with Crippen LogP contribution in [0.3, 0.4) is 0 Å². The summed E-state index contributed by atoms with van der Waals surface area (Å²) < 4.78 is 10.6. The fraction of sp³-hybridized carbons (Fsp3) is 0.167. The number of hydrogen-bond donors (Lipinski definition) is 1. The maximum atomic E-state index is 13.1. The van der Waals surface area contributed by atoms with Gasteiger partial charge >= 0.3 is 0 Å². The van der Waals surface area contributed by atoms with Crippen LogP contribution in [0, 0.1) is 0 Å². The van der Waals surface area contributed by atoms with Crippen molar-refractivity contribution in [2.45, 2.75) is 12.6 Å². The highest BCUT2D eigenvalue weighted by molar-refractivity contribution is 6.46. The maximum Gasteiger partial charge on any atom is 0.295 e. The van der Waals surface area contributed by atoms with Gasteiger partial charge < -0.3 is 19.5 Å². The Labute approximate surface area is 184 Å². The first-order chi connectivity index (χ1) is 15.5. The molecule has 2 aromatic heterocycles. The maximum absolute atomic E-state index is 13.1. The lowest BCUT2D eigenvalue weighted by Gasteiger charge is -2.25. The first-order valence-corrected chi connectivity index (χ1v) is 9.84. The Morgan fingerprint density at radius 2 is 1.72 bits per heavy atom. The number of aliphatic hydroxyl groups is 1. The van der Waals surface area contributed by atoms with Crippen molar-refractivity contribution in [2.24, 2.45) is 0 Å². The Bertz CT molecular complexity index is 1180. The number of Topliss-reactive ketones (excluding diaryl/α,β-unsaturated/α-hetero) is 1. The summed E-state index contributed by atoms with van der Waals surface area (Å²) in [6.07, 6.45) is 6.45. The number of likely N-dealkylation sites (tertiary alicyclic amines) is 1. The van der Waals surface area contributed by atoms with Crippen LogP contribution in [0.25, 0.3) is 5.76 Å². The van der Waals surface area contributed by atoms with Gasteiger partial charge in [-0.3, -0.25) is 19.6 Å². The van der Waals surface area contributed by atoms with Crippen molar-refractivity contribution in [3.05, 3.63) is 89.5 Å². The lowest BCUT2D eigenvalue weighted by molar-refractivity contribution is -0.140. The van der Waals surface area contributed by atoms with Gasteiger partial charge in [0, 0.05) is 36.9 Å². The summed E-state index contributed by atoms with van der Waals surface area (Å²) in [7, 11) is 2.98.